The molecule has 0 aromatic carbocycles. The first-order valence-corrected chi connectivity index (χ1v) is 10.9. The van der Waals surface area contributed by atoms with E-state index in [4.69, 9.17) is 0 Å². The molecule has 23 heavy (non-hydrogen) atoms. The van der Waals surface area contributed by atoms with Gasteiger partial charge in [0.15, 0.2) is 0 Å². The molecule has 0 aliphatic carbocycles. The fourth-order valence-electron chi connectivity index (χ4n) is 4.08. The van der Waals surface area contributed by atoms with Crippen LogP contribution in [0, 0.1) is 5.41 Å². The Morgan fingerprint density at radius 3 is 1.30 bits per heavy atom. The van der Waals surface area contributed by atoms with E-state index in [1.165, 1.54) is 103 Å². The predicted octanol–water partition coefficient (Wildman–Crippen LogP) is 7.66. The Hall–Kier alpha value is -0.0400. The van der Waals surface area contributed by atoms with Crippen LogP contribution in [0.25, 0.3) is 0 Å². The summed E-state index contributed by atoms with van der Waals surface area (Å²) in [5.41, 5.74) is 0.443. The fraction of sp³-hybridized carbons (Fsp3) is 1.00. The average molecular weight is 327 g/mol. The zero-order valence-corrected chi connectivity index (χ0v) is 16.7. The maximum atomic E-state index is 9.57. The summed E-state index contributed by atoms with van der Waals surface area (Å²) >= 11 is 0. The smallest absolute Gasteiger partial charge is 0.0436 e. The number of hydrogen-bond acceptors (Lipinski definition) is 1. The first-order valence-electron chi connectivity index (χ1n) is 10.9. The van der Waals surface area contributed by atoms with Gasteiger partial charge in [0, 0.05) is 6.61 Å². The van der Waals surface area contributed by atoms with Crippen LogP contribution in [-0.4, -0.2) is 11.7 Å². The third-order valence-corrected chi connectivity index (χ3v) is 5.54. The monoisotopic (exact) mass is 326 g/mol. The molecule has 0 heterocycles. The molecular formula is C22H46O. The van der Waals surface area contributed by atoms with E-state index in [2.05, 4.69) is 20.8 Å². The van der Waals surface area contributed by atoms with E-state index >= 15 is 0 Å². The highest BCUT2D eigenvalue weighted by atomic mass is 16.3. The van der Waals surface area contributed by atoms with Crippen LogP contribution < -0.4 is 0 Å². The molecule has 0 atom stereocenters. The maximum Gasteiger partial charge on any atom is 0.0436 e. The van der Waals surface area contributed by atoms with Crippen LogP contribution in [0.15, 0.2) is 0 Å². The second-order valence-corrected chi connectivity index (χ2v) is 7.76. The van der Waals surface area contributed by atoms with Gasteiger partial charge < -0.3 is 5.11 Å². The highest BCUT2D eigenvalue weighted by molar-refractivity contribution is 4.79. The van der Waals surface area contributed by atoms with Gasteiger partial charge >= 0.3 is 0 Å². The van der Waals surface area contributed by atoms with Crippen molar-refractivity contribution in [2.75, 3.05) is 6.61 Å². The van der Waals surface area contributed by atoms with E-state index in [1.807, 2.05) is 0 Å². The molecule has 0 aliphatic heterocycles. The number of aliphatic hydroxyl groups is 1. The third kappa shape index (κ3) is 13.0. The molecule has 140 valence electrons. The van der Waals surface area contributed by atoms with Gasteiger partial charge in [0.25, 0.3) is 0 Å². The summed E-state index contributed by atoms with van der Waals surface area (Å²) in [6.07, 6.45) is 23.0. The largest absolute Gasteiger partial charge is 0.396 e. The standard InChI is InChI=1S/C22H46O/c1-4-7-9-11-13-15-18-22(17-6-3,20-21-23)19-16-14-12-10-8-5-2/h23H,4-21H2,1-3H3. The summed E-state index contributed by atoms with van der Waals surface area (Å²) in [5.74, 6) is 0. The predicted molar refractivity (Wildman–Crippen MR) is 105 cm³/mol. The van der Waals surface area contributed by atoms with Crippen LogP contribution in [0.5, 0.6) is 0 Å². The van der Waals surface area contributed by atoms with E-state index in [0.717, 1.165) is 6.42 Å². The Bertz CT molecular complexity index is 200. The van der Waals surface area contributed by atoms with Crippen LogP contribution in [0.1, 0.15) is 130 Å². The highest BCUT2D eigenvalue weighted by Gasteiger charge is 2.27. The Morgan fingerprint density at radius 2 is 0.913 bits per heavy atom. The van der Waals surface area contributed by atoms with Crippen LogP contribution in [0.4, 0.5) is 0 Å². The van der Waals surface area contributed by atoms with Crippen molar-refractivity contribution in [1.82, 2.24) is 0 Å². The zero-order chi connectivity index (χ0) is 17.2. The minimum Gasteiger partial charge on any atom is -0.396 e. The maximum absolute atomic E-state index is 9.57. The summed E-state index contributed by atoms with van der Waals surface area (Å²) < 4.78 is 0. The molecule has 1 nitrogen and oxygen atoms in total. The van der Waals surface area contributed by atoms with E-state index in [1.54, 1.807) is 0 Å². The molecule has 0 aliphatic rings. The number of unbranched alkanes of at least 4 members (excludes halogenated alkanes) is 10. The van der Waals surface area contributed by atoms with E-state index in [0.29, 0.717) is 12.0 Å². The molecule has 0 amide bonds. The molecule has 0 aromatic rings. The molecular weight excluding hydrogens is 280 g/mol. The van der Waals surface area contributed by atoms with E-state index < -0.39 is 0 Å². The van der Waals surface area contributed by atoms with Crippen molar-refractivity contribution in [1.29, 1.82) is 0 Å². The lowest BCUT2D eigenvalue weighted by Crippen LogP contribution is -2.22. The van der Waals surface area contributed by atoms with Gasteiger partial charge in [0.05, 0.1) is 0 Å². The van der Waals surface area contributed by atoms with Gasteiger partial charge in [-0.25, -0.2) is 0 Å². The van der Waals surface area contributed by atoms with Gasteiger partial charge in [-0.1, -0.05) is 104 Å². The van der Waals surface area contributed by atoms with Crippen molar-refractivity contribution in [2.24, 2.45) is 5.41 Å². The number of aliphatic hydroxyl groups excluding tert-OH is 1. The average Bonchev–Trinajstić information content (AvgIpc) is 2.54. The number of hydrogen-bond donors (Lipinski definition) is 1. The molecule has 0 unspecified atom stereocenters. The Kier molecular flexibility index (Phi) is 16.8. The molecule has 1 heteroatoms. The van der Waals surface area contributed by atoms with Gasteiger partial charge in [-0.2, -0.15) is 0 Å². The molecule has 0 rings (SSSR count). The summed E-state index contributed by atoms with van der Waals surface area (Å²) in [4.78, 5) is 0. The lowest BCUT2D eigenvalue weighted by atomic mass is 9.72. The minimum atomic E-state index is 0.381. The summed E-state index contributed by atoms with van der Waals surface area (Å²) in [5, 5.41) is 9.57. The Labute approximate surface area is 147 Å². The lowest BCUT2D eigenvalue weighted by Gasteiger charge is -2.34. The zero-order valence-electron chi connectivity index (χ0n) is 16.7. The topological polar surface area (TPSA) is 20.2 Å². The molecule has 0 bridgehead atoms. The van der Waals surface area contributed by atoms with Crippen LogP contribution in [0.2, 0.25) is 0 Å². The highest BCUT2D eigenvalue weighted by Crippen LogP contribution is 2.39. The summed E-state index contributed by atoms with van der Waals surface area (Å²) in [6, 6.07) is 0. The van der Waals surface area contributed by atoms with Crippen molar-refractivity contribution in [3.8, 4) is 0 Å². The lowest BCUT2D eigenvalue weighted by molar-refractivity contribution is 0.135. The normalized spacial score (nSPS) is 12.0. The van der Waals surface area contributed by atoms with E-state index in [-0.39, 0.29) is 0 Å². The van der Waals surface area contributed by atoms with Crippen molar-refractivity contribution >= 4 is 0 Å². The molecule has 0 aromatic heterocycles. The second-order valence-electron chi connectivity index (χ2n) is 7.76. The summed E-state index contributed by atoms with van der Waals surface area (Å²) in [6.45, 7) is 7.27. The van der Waals surface area contributed by atoms with Gasteiger partial charge in [-0.05, 0) is 31.1 Å². The second kappa shape index (κ2) is 16.8. The van der Waals surface area contributed by atoms with Crippen LogP contribution in [0.3, 0.4) is 0 Å². The number of rotatable bonds is 18. The van der Waals surface area contributed by atoms with Gasteiger partial charge in [-0.15, -0.1) is 0 Å². The quantitative estimate of drug-likeness (QED) is 0.256. The van der Waals surface area contributed by atoms with Gasteiger partial charge in [0.1, 0.15) is 0 Å². The molecule has 0 fully saturated rings. The Balaban J connectivity index is 4.11. The van der Waals surface area contributed by atoms with Gasteiger partial charge in [0.2, 0.25) is 0 Å². The Morgan fingerprint density at radius 1 is 0.478 bits per heavy atom. The molecule has 0 saturated heterocycles. The van der Waals surface area contributed by atoms with Crippen molar-refractivity contribution in [3.05, 3.63) is 0 Å². The van der Waals surface area contributed by atoms with Crippen molar-refractivity contribution < 1.29 is 5.11 Å². The third-order valence-electron chi connectivity index (χ3n) is 5.54. The van der Waals surface area contributed by atoms with Crippen molar-refractivity contribution in [3.63, 3.8) is 0 Å². The fourth-order valence-corrected chi connectivity index (χ4v) is 4.08. The van der Waals surface area contributed by atoms with Crippen molar-refractivity contribution in [2.45, 2.75) is 130 Å². The molecule has 0 radical (unpaired) electrons. The van der Waals surface area contributed by atoms with Crippen LogP contribution in [-0.2, 0) is 0 Å². The van der Waals surface area contributed by atoms with Crippen LogP contribution >= 0.6 is 0 Å². The first kappa shape index (κ1) is 23.0. The first-order chi connectivity index (χ1) is 11.2. The summed E-state index contributed by atoms with van der Waals surface area (Å²) in [7, 11) is 0. The van der Waals surface area contributed by atoms with Gasteiger partial charge in [-0.3, -0.25) is 0 Å². The molecule has 0 spiro atoms. The van der Waals surface area contributed by atoms with E-state index in [9.17, 15) is 5.11 Å². The SMILES string of the molecule is CCCCCCCCC(CCC)(CCO)CCCCCCCC. The molecule has 1 N–H and O–H groups in total. The molecule has 0 saturated carbocycles. The minimum absolute atomic E-state index is 0.381.